The molecule has 0 radical (unpaired) electrons. The van der Waals surface area contributed by atoms with Crippen molar-refractivity contribution in [3.8, 4) is 0 Å². The number of hydrogen-bond donors (Lipinski definition) is 1. The van der Waals surface area contributed by atoms with Crippen molar-refractivity contribution in [3.63, 3.8) is 0 Å². The first-order chi connectivity index (χ1) is 12.9. The van der Waals surface area contributed by atoms with E-state index in [4.69, 9.17) is 9.47 Å². The highest BCUT2D eigenvalue weighted by atomic mass is 16.5. The summed E-state index contributed by atoms with van der Waals surface area (Å²) in [6.07, 6.45) is -0.118. The number of rotatable bonds is 9. The third kappa shape index (κ3) is 7.62. The molecule has 0 aliphatic rings. The van der Waals surface area contributed by atoms with E-state index in [0.717, 1.165) is 16.7 Å². The summed E-state index contributed by atoms with van der Waals surface area (Å²) in [5, 5.41) is 2.88. The zero-order chi connectivity index (χ0) is 19.6. The van der Waals surface area contributed by atoms with Gasteiger partial charge in [-0.3, -0.25) is 9.59 Å². The minimum Gasteiger partial charge on any atom is -0.463 e. The number of amides is 1. The van der Waals surface area contributed by atoms with E-state index in [1.54, 1.807) is 13.8 Å². The second-order valence-corrected chi connectivity index (χ2v) is 6.75. The first-order valence-electron chi connectivity index (χ1n) is 9.11. The molecule has 2 rings (SSSR count). The zero-order valence-corrected chi connectivity index (χ0v) is 16.1. The minimum atomic E-state index is -0.454. The van der Waals surface area contributed by atoms with Gasteiger partial charge in [0.2, 0.25) is 5.91 Å². The SMILES string of the molecule is Cc1ccc(C(CC(=O)OC(C)C)NC(=O)COCc2ccccc2)cc1. The van der Waals surface area contributed by atoms with Crippen molar-refractivity contribution >= 4 is 11.9 Å². The molecule has 0 saturated carbocycles. The Morgan fingerprint density at radius 2 is 1.67 bits per heavy atom. The molecular weight excluding hydrogens is 342 g/mol. The maximum Gasteiger partial charge on any atom is 0.308 e. The molecule has 27 heavy (non-hydrogen) atoms. The Hall–Kier alpha value is -2.66. The van der Waals surface area contributed by atoms with Crippen molar-refractivity contribution in [2.45, 2.75) is 45.9 Å². The average molecular weight is 369 g/mol. The standard InChI is InChI=1S/C22H27NO4/c1-16(2)27-22(25)13-20(19-11-9-17(3)10-12-19)23-21(24)15-26-14-18-7-5-4-6-8-18/h4-12,16,20H,13-15H2,1-3H3,(H,23,24). The number of ether oxygens (including phenoxy) is 2. The molecule has 2 aromatic rings. The smallest absolute Gasteiger partial charge is 0.308 e. The van der Waals surface area contributed by atoms with Crippen molar-refractivity contribution in [2.75, 3.05) is 6.61 Å². The molecule has 1 atom stereocenters. The molecular formula is C22H27NO4. The molecule has 2 aromatic carbocycles. The van der Waals surface area contributed by atoms with Crippen LogP contribution in [0, 0.1) is 6.92 Å². The molecule has 0 aliphatic heterocycles. The Morgan fingerprint density at radius 1 is 1.00 bits per heavy atom. The molecule has 1 amide bonds. The Labute approximate surface area is 160 Å². The zero-order valence-electron chi connectivity index (χ0n) is 16.1. The van der Waals surface area contributed by atoms with Crippen LogP contribution in [-0.2, 0) is 25.7 Å². The van der Waals surface area contributed by atoms with Gasteiger partial charge >= 0.3 is 5.97 Å². The van der Waals surface area contributed by atoms with Gasteiger partial charge in [0.1, 0.15) is 6.61 Å². The van der Waals surface area contributed by atoms with E-state index in [9.17, 15) is 9.59 Å². The van der Waals surface area contributed by atoms with E-state index in [-0.39, 0.29) is 31.0 Å². The van der Waals surface area contributed by atoms with Crippen LogP contribution >= 0.6 is 0 Å². The third-order valence-electron chi connectivity index (χ3n) is 3.90. The van der Waals surface area contributed by atoms with Crippen LogP contribution in [0.2, 0.25) is 0 Å². The number of benzene rings is 2. The second kappa shape index (κ2) is 10.5. The summed E-state index contributed by atoms with van der Waals surface area (Å²) in [4.78, 5) is 24.4. The van der Waals surface area contributed by atoms with Crippen LogP contribution in [0.4, 0.5) is 0 Å². The van der Waals surface area contributed by atoms with E-state index in [2.05, 4.69) is 5.32 Å². The monoisotopic (exact) mass is 369 g/mol. The summed E-state index contributed by atoms with van der Waals surface area (Å²) in [6, 6.07) is 16.9. The number of esters is 1. The highest BCUT2D eigenvalue weighted by molar-refractivity contribution is 5.79. The van der Waals surface area contributed by atoms with Crippen LogP contribution in [0.15, 0.2) is 54.6 Å². The van der Waals surface area contributed by atoms with Crippen LogP contribution in [-0.4, -0.2) is 24.6 Å². The van der Waals surface area contributed by atoms with Crippen LogP contribution in [0.5, 0.6) is 0 Å². The molecule has 0 aromatic heterocycles. The lowest BCUT2D eigenvalue weighted by atomic mass is 10.0. The van der Waals surface area contributed by atoms with E-state index in [0.29, 0.717) is 6.61 Å². The molecule has 1 unspecified atom stereocenters. The predicted molar refractivity (Wildman–Crippen MR) is 104 cm³/mol. The molecule has 5 heteroatoms. The molecule has 0 bridgehead atoms. The topological polar surface area (TPSA) is 64.6 Å². The number of carbonyl (C=O) groups is 2. The van der Waals surface area contributed by atoms with E-state index >= 15 is 0 Å². The molecule has 0 saturated heterocycles. The average Bonchev–Trinajstić information content (AvgIpc) is 2.62. The van der Waals surface area contributed by atoms with Gasteiger partial charge < -0.3 is 14.8 Å². The van der Waals surface area contributed by atoms with Gasteiger partial charge in [-0.05, 0) is 31.9 Å². The lowest BCUT2D eigenvalue weighted by Crippen LogP contribution is -2.33. The summed E-state index contributed by atoms with van der Waals surface area (Å²) in [5.41, 5.74) is 2.97. The van der Waals surface area contributed by atoms with Crippen LogP contribution in [0.1, 0.15) is 43.0 Å². The molecule has 1 N–H and O–H groups in total. The lowest BCUT2D eigenvalue weighted by Gasteiger charge is -2.19. The molecule has 0 fully saturated rings. The summed E-state index contributed by atoms with van der Waals surface area (Å²) >= 11 is 0. The third-order valence-corrected chi connectivity index (χ3v) is 3.90. The van der Waals surface area contributed by atoms with Crippen LogP contribution in [0.3, 0.4) is 0 Å². The Kier molecular flexibility index (Phi) is 8.01. The minimum absolute atomic E-state index is 0.0729. The van der Waals surface area contributed by atoms with Gasteiger partial charge in [0.25, 0.3) is 0 Å². The molecule has 0 spiro atoms. The Balaban J connectivity index is 1.94. The van der Waals surface area contributed by atoms with Crippen molar-refractivity contribution in [1.29, 1.82) is 0 Å². The van der Waals surface area contributed by atoms with Gasteiger partial charge in [-0.25, -0.2) is 0 Å². The van der Waals surface area contributed by atoms with Crippen LogP contribution < -0.4 is 5.32 Å². The lowest BCUT2D eigenvalue weighted by molar-refractivity contribution is -0.148. The molecule has 144 valence electrons. The largest absolute Gasteiger partial charge is 0.463 e. The van der Waals surface area contributed by atoms with Crippen LogP contribution in [0.25, 0.3) is 0 Å². The van der Waals surface area contributed by atoms with E-state index in [1.807, 2.05) is 61.5 Å². The Morgan fingerprint density at radius 3 is 2.30 bits per heavy atom. The number of nitrogens with one attached hydrogen (secondary N) is 1. The van der Waals surface area contributed by atoms with Gasteiger partial charge in [-0.1, -0.05) is 60.2 Å². The van der Waals surface area contributed by atoms with E-state index in [1.165, 1.54) is 0 Å². The molecule has 5 nitrogen and oxygen atoms in total. The summed E-state index contributed by atoms with van der Waals surface area (Å²) in [7, 11) is 0. The first-order valence-corrected chi connectivity index (χ1v) is 9.11. The number of carbonyl (C=O) groups excluding carboxylic acids is 2. The van der Waals surface area contributed by atoms with Gasteiger partial charge in [0, 0.05) is 0 Å². The quantitative estimate of drug-likeness (QED) is 0.685. The summed E-state index contributed by atoms with van der Waals surface area (Å²) < 4.78 is 10.7. The normalized spacial score (nSPS) is 11.9. The van der Waals surface area contributed by atoms with Gasteiger partial charge in [-0.15, -0.1) is 0 Å². The van der Waals surface area contributed by atoms with Crippen molar-refractivity contribution in [1.82, 2.24) is 5.32 Å². The maximum atomic E-state index is 12.3. The predicted octanol–water partition coefficient (Wildman–Crippen LogP) is 3.71. The van der Waals surface area contributed by atoms with Gasteiger partial charge in [0.05, 0.1) is 25.2 Å². The summed E-state index contributed by atoms with van der Waals surface area (Å²) in [6.45, 7) is 5.88. The molecule has 0 heterocycles. The molecule has 0 aliphatic carbocycles. The number of hydrogen-bond acceptors (Lipinski definition) is 4. The highest BCUT2D eigenvalue weighted by Crippen LogP contribution is 2.19. The van der Waals surface area contributed by atoms with Gasteiger partial charge in [-0.2, -0.15) is 0 Å². The van der Waals surface area contributed by atoms with Crippen molar-refractivity contribution < 1.29 is 19.1 Å². The highest BCUT2D eigenvalue weighted by Gasteiger charge is 2.20. The van der Waals surface area contributed by atoms with Gasteiger partial charge in [0.15, 0.2) is 0 Å². The fourth-order valence-electron chi connectivity index (χ4n) is 2.60. The second-order valence-electron chi connectivity index (χ2n) is 6.75. The fourth-order valence-corrected chi connectivity index (χ4v) is 2.60. The summed E-state index contributed by atoms with van der Waals surface area (Å²) in [5.74, 6) is -0.616. The fraction of sp³-hybridized carbons (Fsp3) is 0.364. The maximum absolute atomic E-state index is 12.3. The Bertz CT molecular complexity index is 726. The van der Waals surface area contributed by atoms with Crippen molar-refractivity contribution in [2.24, 2.45) is 0 Å². The number of aryl methyl sites for hydroxylation is 1. The van der Waals surface area contributed by atoms with E-state index < -0.39 is 6.04 Å². The van der Waals surface area contributed by atoms with Crippen molar-refractivity contribution in [3.05, 3.63) is 71.3 Å². The first kappa shape index (κ1) is 20.6.